The fraction of sp³-hybridized carbons (Fsp3) is 0.350. The molecule has 0 aliphatic heterocycles. The molecule has 2 aromatic carbocycles. The SMILES string of the molecule is CCNC(=O)CN(CC)C(=O)COC(=O)COc1ccc2ccccc2c1. The van der Waals surface area contributed by atoms with E-state index in [4.69, 9.17) is 9.47 Å². The van der Waals surface area contributed by atoms with Crippen molar-refractivity contribution in [1.29, 1.82) is 0 Å². The molecule has 27 heavy (non-hydrogen) atoms. The van der Waals surface area contributed by atoms with Gasteiger partial charge in [-0.2, -0.15) is 0 Å². The Balaban J connectivity index is 1.78. The number of fused-ring (bicyclic) bond motifs is 1. The van der Waals surface area contributed by atoms with Gasteiger partial charge in [-0.3, -0.25) is 9.59 Å². The second kappa shape index (κ2) is 10.2. The molecule has 0 aromatic heterocycles. The van der Waals surface area contributed by atoms with E-state index in [2.05, 4.69) is 5.32 Å². The molecule has 0 saturated carbocycles. The number of hydrogen-bond donors (Lipinski definition) is 1. The van der Waals surface area contributed by atoms with Crippen molar-refractivity contribution in [3.05, 3.63) is 42.5 Å². The van der Waals surface area contributed by atoms with Crippen LogP contribution in [0.2, 0.25) is 0 Å². The number of ether oxygens (including phenoxy) is 2. The van der Waals surface area contributed by atoms with Gasteiger partial charge in [-0.25, -0.2) is 4.79 Å². The normalized spacial score (nSPS) is 10.3. The van der Waals surface area contributed by atoms with Crippen LogP contribution in [0.1, 0.15) is 13.8 Å². The number of nitrogens with one attached hydrogen (secondary N) is 1. The van der Waals surface area contributed by atoms with Gasteiger partial charge in [0, 0.05) is 13.1 Å². The van der Waals surface area contributed by atoms with Crippen molar-refractivity contribution in [2.24, 2.45) is 0 Å². The van der Waals surface area contributed by atoms with Gasteiger partial charge in [-0.15, -0.1) is 0 Å². The molecular formula is C20H24N2O5. The summed E-state index contributed by atoms with van der Waals surface area (Å²) >= 11 is 0. The van der Waals surface area contributed by atoms with Gasteiger partial charge in [0.05, 0.1) is 6.54 Å². The minimum absolute atomic E-state index is 0.0612. The Labute approximate surface area is 158 Å². The number of rotatable bonds is 9. The number of benzene rings is 2. The van der Waals surface area contributed by atoms with Crippen LogP contribution in [-0.4, -0.2) is 55.5 Å². The summed E-state index contributed by atoms with van der Waals surface area (Å²) in [5, 5.41) is 4.70. The van der Waals surface area contributed by atoms with E-state index in [9.17, 15) is 14.4 Å². The van der Waals surface area contributed by atoms with Crippen LogP contribution in [0.3, 0.4) is 0 Å². The summed E-state index contributed by atoms with van der Waals surface area (Å²) in [6.45, 7) is 3.61. The van der Waals surface area contributed by atoms with Crippen molar-refractivity contribution in [2.75, 3.05) is 32.8 Å². The molecule has 7 nitrogen and oxygen atoms in total. The van der Waals surface area contributed by atoms with Crippen molar-refractivity contribution >= 4 is 28.6 Å². The largest absolute Gasteiger partial charge is 0.482 e. The predicted octanol–water partition coefficient (Wildman–Crippen LogP) is 1.75. The van der Waals surface area contributed by atoms with E-state index in [0.717, 1.165) is 10.8 Å². The molecular weight excluding hydrogens is 348 g/mol. The van der Waals surface area contributed by atoms with Crippen molar-refractivity contribution in [3.8, 4) is 5.75 Å². The van der Waals surface area contributed by atoms with Crippen LogP contribution in [-0.2, 0) is 19.1 Å². The predicted molar refractivity (Wildman–Crippen MR) is 101 cm³/mol. The highest BCUT2D eigenvalue weighted by molar-refractivity contribution is 5.86. The van der Waals surface area contributed by atoms with Gasteiger partial charge in [0.15, 0.2) is 13.2 Å². The third-order valence-corrected chi connectivity index (χ3v) is 3.88. The zero-order valence-electron chi connectivity index (χ0n) is 15.6. The maximum Gasteiger partial charge on any atom is 0.344 e. The first-order valence-electron chi connectivity index (χ1n) is 8.85. The molecule has 144 valence electrons. The Bertz CT molecular complexity index is 806. The van der Waals surface area contributed by atoms with Crippen LogP contribution >= 0.6 is 0 Å². The Morgan fingerprint density at radius 3 is 2.44 bits per heavy atom. The second-order valence-corrected chi connectivity index (χ2v) is 5.82. The van der Waals surface area contributed by atoms with Gasteiger partial charge in [0.1, 0.15) is 5.75 Å². The lowest BCUT2D eigenvalue weighted by molar-refractivity contribution is -0.154. The molecule has 2 rings (SSSR count). The fourth-order valence-corrected chi connectivity index (χ4v) is 2.48. The highest BCUT2D eigenvalue weighted by atomic mass is 16.6. The van der Waals surface area contributed by atoms with Gasteiger partial charge < -0.3 is 19.7 Å². The summed E-state index contributed by atoms with van der Waals surface area (Å²) in [4.78, 5) is 36.8. The van der Waals surface area contributed by atoms with Crippen molar-refractivity contribution in [3.63, 3.8) is 0 Å². The zero-order valence-corrected chi connectivity index (χ0v) is 15.6. The van der Waals surface area contributed by atoms with E-state index in [1.54, 1.807) is 19.9 Å². The molecule has 0 aliphatic rings. The van der Waals surface area contributed by atoms with Crippen LogP contribution in [0.5, 0.6) is 5.75 Å². The molecule has 0 heterocycles. The van der Waals surface area contributed by atoms with Gasteiger partial charge in [-0.1, -0.05) is 30.3 Å². The summed E-state index contributed by atoms with van der Waals surface area (Å²) in [7, 11) is 0. The highest BCUT2D eigenvalue weighted by Crippen LogP contribution is 2.20. The topological polar surface area (TPSA) is 84.9 Å². The molecule has 0 saturated heterocycles. The molecule has 0 spiro atoms. The quantitative estimate of drug-likeness (QED) is 0.678. The average molecular weight is 372 g/mol. The van der Waals surface area contributed by atoms with Crippen molar-refractivity contribution in [2.45, 2.75) is 13.8 Å². The Kier molecular flexibility index (Phi) is 7.61. The summed E-state index contributed by atoms with van der Waals surface area (Å²) in [5.74, 6) is -0.782. The van der Waals surface area contributed by atoms with Gasteiger partial charge >= 0.3 is 5.97 Å². The number of likely N-dealkylation sites (N-methyl/N-ethyl adjacent to an activating group) is 2. The number of carbonyl (C=O) groups is 3. The highest BCUT2D eigenvalue weighted by Gasteiger charge is 2.17. The van der Waals surface area contributed by atoms with Gasteiger partial charge in [-0.05, 0) is 36.8 Å². The average Bonchev–Trinajstić information content (AvgIpc) is 2.68. The first kappa shape index (κ1) is 20.2. The Morgan fingerprint density at radius 2 is 1.74 bits per heavy atom. The summed E-state index contributed by atoms with van der Waals surface area (Å²) in [6, 6.07) is 13.3. The minimum atomic E-state index is -0.648. The summed E-state index contributed by atoms with van der Waals surface area (Å²) in [5.41, 5.74) is 0. The Morgan fingerprint density at radius 1 is 1.00 bits per heavy atom. The van der Waals surface area contributed by atoms with E-state index in [1.165, 1.54) is 4.90 Å². The third kappa shape index (κ3) is 6.29. The fourth-order valence-electron chi connectivity index (χ4n) is 2.48. The molecule has 7 heteroatoms. The Hall–Kier alpha value is -3.09. The van der Waals surface area contributed by atoms with Crippen LogP contribution in [0, 0.1) is 0 Å². The van der Waals surface area contributed by atoms with E-state index in [0.29, 0.717) is 18.8 Å². The van der Waals surface area contributed by atoms with Crippen LogP contribution in [0.25, 0.3) is 10.8 Å². The first-order valence-corrected chi connectivity index (χ1v) is 8.85. The van der Waals surface area contributed by atoms with E-state index in [1.807, 2.05) is 36.4 Å². The number of esters is 1. The summed E-state index contributed by atoms with van der Waals surface area (Å²) < 4.78 is 10.4. The smallest absolute Gasteiger partial charge is 0.344 e. The summed E-state index contributed by atoms with van der Waals surface area (Å²) in [6.07, 6.45) is 0. The van der Waals surface area contributed by atoms with Crippen LogP contribution < -0.4 is 10.1 Å². The first-order chi connectivity index (χ1) is 13.0. The number of amides is 2. The van der Waals surface area contributed by atoms with E-state index >= 15 is 0 Å². The standard InChI is InChI=1S/C20H24N2O5/c1-3-21-18(23)12-22(4-2)19(24)13-27-20(25)14-26-17-10-9-15-7-5-6-8-16(15)11-17/h5-11H,3-4,12-14H2,1-2H3,(H,21,23). The minimum Gasteiger partial charge on any atom is -0.482 e. The number of nitrogens with zero attached hydrogens (tertiary/aromatic N) is 1. The van der Waals surface area contributed by atoms with Gasteiger partial charge in [0.25, 0.3) is 5.91 Å². The maximum atomic E-state index is 12.1. The van der Waals surface area contributed by atoms with E-state index in [-0.39, 0.29) is 19.1 Å². The van der Waals surface area contributed by atoms with Crippen molar-refractivity contribution in [1.82, 2.24) is 10.2 Å². The molecule has 2 aromatic rings. The van der Waals surface area contributed by atoms with Gasteiger partial charge in [0.2, 0.25) is 5.91 Å². The molecule has 0 aliphatic carbocycles. The molecule has 0 unspecified atom stereocenters. The maximum absolute atomic E-state index is 12.1. The molecule has 0 radical (unpaired) electrons. The lowest BCUT2D eigenvalue weighted by atomic mass is 10.1. The van der Waals surface area contributed by atoms with Crippen LogP contribution in [0.15, 0.2) is 42.5 Å². The third-order valence-electron chi connectivity index (χ3n) is 3.88. The number of hydrogen-bond acceptors (Lipinski definition) is 5. The monoisotopic (exact) mass is 372 g/mol. The molecule has 0 bridgehead atoms. The zero-order chi connectivity index (χ0) is 19.6. The lowest BCUT2D eigenvalue weighted by Gasteiger charge is -2.20. The van der Waals surface area contributed by atoms with Crippen LogP contribution in [0.4, 0.5) is 0 Å². The second-order valence-electron chi connectivity index (χ2n) is 5.82. The molecule has 0 atom stereocenters. The van der Waals surface area contributed by atoms with Crippen molar-refractivity contribution < 1.29 is 23.9 Å². The lowest BCUT2D eigenvalue weighted by Crippen LogP contribution is -2.42. The van der Waals surface area contributed by atoms with E-state index < -0.39 is 18.5 Å². The number of carbonyl (C=O) groups excluding carboxylic acids is 3. The molecule has 2 amide bonds. The molecule has 1 N–H and O–H groups in total. The molecule has 0 fully saturated rings.